The maximum Gasteiger partial charge on any atom is 0.135 e. The molecule has 0 aliphatic heterocycles. The van der Waals surface area contributed by atoms with E-state index in [1.54, 1.807) is 7.11 Å². The van der Waals surface area contributed by atoms with Gasteiger partial charge >= 0.3 is 0 Å². The first-order chi connectivity index (χ1) is 14.7. The fourth-order valence-electron chi connectivity index (χ4n) is 3.67. The van der Waals surface area contributed by atoms with Gasteiger partial charge in [0, 0.05) is 16.7 Å². The fourth-order valence-corrected chi connectivity index (χ4v) is 5.39. The Morgan fingerprint density at radius 2 is 1.77 bits per heavy atom. The van der Waals surface area contributed by atoms with Gasteiger partial charge < -0.3 is 9.53 Å². The molecule has 0 bridgehead atoms. The number of hydrogen-bond acceptors (Lipinski definition) is 3. The lowest BCUT2D eigenvalue weighted by molar-refractivity contribution is -0.108. The van der Waals surface area contributed by atoms with Crippen molar-refractivity contribution in [2.75, 3.05) is 7.11 Å². The Morgan fingerprint density at radius 1 is 1.03 bits per heavy atom. The van der Waals surface area contributed by atoms with E-state index in [0.717, 1.165) is 46.8 Å². The zero-order chi connectivity index (χ0) is 21.3. The monoisotopic (exact) mass is 420 g/mol. The topological polar surface area (TPSA) is 43.4 Å². The lowest BCUT2D eigenvalue weighted by Gasteiger charge is -2.20. The van der Waals surface area contributed by atoms with Gasteiger partial charge in [0.1, 0.15) is 12.0 Å². The van der Waals surface area contributed by atoms with Crippen molar-refractivity contribution in [1.29, 1.82) is 0 Å². The minimum Gasteiger partial charge on any atom is -0.495 e. The summed E-state index contributed by atoms with van der Waals surface area (Å²) in [6.07, 6.45) is 6.12. The van der Waals surface area contributed by atoms with Gasteiger partial charge in [-0.15, -0.1) is 0 Å². The lowest BCUT2D eigenvalue weighted by atomic mass is 9.97. The van der Waals surface area contributed by atoms with Crippen molar-refractivity contribution in [1.82, 2.24) is 0 Å². The van der Waals surface area contributed by atoms with Crippen molar-refractivity contribution in [2.45, 2.75) is 37.5 Å². The van der Waals surface area contributed by atoms with Gasteiger partial charge in [-0.1, -0.05) is 80.4 Å². The zero-order valence-corrected chi connectivity index (χ0v) is 18.4. The van der Waals surface area contributed by atoms with E-state index < -0.39 is 10.8 Å². The van der Waals surface area contributed by atoms with E-state index in [-0.39, 0.29) is 5.92 Å². The molecule has 3 aromatic carbocycles. The molecule has 0 aliphatic carbocycles. The Balaban J connectivity index is 2.18. The second-order valence-electron chi connectivity index (χ2n) is 7.29. The summed E-state index contributed by atoms with van der Waals surface area (Å²) in [6, 6.07) is 21.6. The van der Waals surface area contributed by atoms with Crippen molar-refractivity contribution in [2.24, 2.45) is 5.92 Å². The van der Waals surface area contributed by atoms with Gasteiger partial charge in [-0.3, -0.25) is 0 Å². The van der Waals surface area contributed by atoms with E-state index in [0.29, 0.717) is 17.1 Å². The quantitative estimate of drug-likeness (QED) is 0.357. The highest BCUT2D eigenvalue weighted by atomic mass is 32.2. The number of aldehydes is 1. The van der Waals surface area contributed by atoms with Gasteiger partial charge in [-0.2, -0.15) is 0 Å². The average molecular weight is 421 g/mol. The lowest BCUT2D eigenvalue weighted by Crippen LogP contribution is -2.12. The summed E-state index contributed by atoms with van der Waals surface area (Å²) >= 11 is 0. The summed E-state index contributed by atoms with van der Waals surface area (Å²) < 4.78 is 19.7. The molecule has 3 rings (SSSR count). The molecule has 4 heteroatoms. The standard InChI is InChI=1S/C26H28O3S/c1-3-4-12-22(17-18-27)25(19-20-10-6-5-7-11-20)30(28)26-23-14-9-8-13-21(23)15-16-24(26)29-2/h5-11,13-16,18-19,22H,3-4,12,17H2,1-2H3/b25-19+/t22-,30?/m0/s1. The Labute approximate surface area is 181 Å². The number of methoxy groups -OCH3 is 1. The normalized spacial score (nSPS) is 13.7. The second-order valence-corrected chi connectivity index (χ2v) is 8.70. The van der Waals surface area contributed by atoms with Crippen molar-refractivity contribution >= 4 is 33.9 Å². The smallest absolute Gasteiger partial charge is 0.135 e. The van der Waals surface area contributed by atoms with Gasteiger partial charge in [0.25, 0.3) is 0 Å². The second kappa shape index (κ2) is 10.9. The minimum atomic E-state index is -1.47. The molecule has 1 unspecified atom stereocenters. The predicted molar refractivity (Wildman–Crippen MR) is 125 cm³/mol. The number of carbonyl (C=O) groups excluding carboxylic acids is 1. The highest BCUT2D eigenvalue weighted by Crippen LogP contribution is 2.37. The van der Waals surface area contributed by atoms with Gasteiger partial charge in [0.15, 0.2) is 0 Å². The molecule has 0 saturated carbocycles. The number of fused-ring (bicyclic) bond motifs is 1. The molecular formula is C26H28O3S. The highest BCUT2D eigenvalue weighted by molar-refractivity contribution is 7.89. The molecule has 0 N–H and O–H groups in total. The van der Waals surface area contributed by atoms with Crippen LogP contribution in [0.15, 0.2) is 76.5 Å². The van der Waals surface area contributed by atoms with E-state index in [4.69, 9.17) is 4.74 Å². The van der Waals surface area contributed by atoms with Gasteiger partial charge in [0.05, 0.1) is 22.8 Å². The van der Waals surface area contributed by atoms with Crippen LogP contribution < -0.4 is 4.74 Å². The fraction of sp³-hybridized carbons (Fsp3) is 0.269. The van der Waals surface area contributed by atoms with Crippen LogP contribution in [0, 0.1) is 5.92 Å². The first kappa shape index (κ1) is 22.0. The third kappa shape index (κ3) is 5.06. The third-order valence-electron chi connectivity index (χ3n) is 5.26. The van der Waals surface area contributed by atoms with Crippen LogP contribution in [-0.4, -0.2) is 17.6 Å². The molecule has 2 atom stereocenters. The number of carbonyl (C=O) groups is 1. The van der Waals surface area contributed by atoms with Crippen LogP contribution in [0.5, 0.6) is 5.75 Å². The van der Waals surface area contributed by atoms with E-state index in [1.807, 2.05) is 72.8 Å². The largest absolute Gasteiger partial charge is 0.495 e. The van der Waals surface area contributed by atoms with Gasteiger partial charge in [0.2, 0.25) is 0 Å². The van der Waals surface area contributed by atoms with Gasteiger partial charge in [-0.05, 0) is 35.4 Å². The maximum atomic E-state index is 14.1. The number of hydrogen-bond donors (Lipinski definition) is 0. The number of allylic oxidation sites excluding steroid dienone is 1. The number of ether oxygens (including phenoxy) is 1. The Morgan fingerprint density at radius 3 is 2.47 bits per heavy atom. The molecule has 3 aromatic rings. The van der Waals surface area contributed by atoms with E-state index in [1.165, 1.54) is 0 Å². The number of benzene rings is 3. The minimum absolute atomic E-state index is 0.0767. The Hall–Kier alpha value is -2.72. The number of rotatable bonds is 10. The van der Waals surface area contributed by atoms with Gasteiger partial charge in [-0.25, -0.2) is 4.21 Å². The van der Waals surface area contributed by atoms with E-state index >= 15 is 0 Å². The highest BCUT2D eigenvalue weighted by Gasteiger charge is 2.25. The molecule has 0 heterocycles. The van der Waals surface area contributed by atoms with E-state index in [2.05, 4.69) is 6.92 Å². The average Bonchev–Trinajstić information content (AvgIpc) is 2.79. The Kier molecular flexibility index (Phi) is 7.97. The third-order valence-corrected chi connectivity index (χ3v) is 6.93. The molecule has 0 radical (unpaired) electrons. The Bertz CT molecular complexity index is 1040. The summed E-state index contributed by atoms with van der Waals surface area (Å²) in [7, 11) is 0.137. The molecule has 0 amide bonds. The number of unbranched alkanes of at least 4 members (excludes halogenated alkanes) is 1. The molecule has 156 valence electrons. The van der Waals surface area contributed by atoms with Crippen LogP contribution in [0.4, 0.5) is 0 Å². The molecule has 0 saturated heterocycles. The maximum absolute atomic E-state index is 14.1. The summed E-state index contributed by atoms with van der Waals surface area (Å²) in [5, 5.41) is 1.93. The summed E-state index contributed by atoms with van der Waals surface area (Å²) in [5.74, 6) is 0.526. The van der Waals surface area contributed by atoms with Crippen LogP contribution in [0.3, 0.4) is 0 Å². The van der Waals surface area contributed by atoms with Crippen LogP contribution in [0.2, 0.25) is 0 Å². The zero-order valence-electron chi connectivity index (χ0n) is 17.5. The van der Waals surface area contributed by atoms with Crippen LogP contribution in [0.1, 0.15) is 38.2 Å². The van der Waals surface area contributed by atoms with E-state index in [9.17, 15) is 9.00 Å². The first-order valence-electron chi connectivity index (χ1n) is 10.4. The molecule has 0 aromatic heterocycles. The van der Waals surface area contributed by atoms with Crippen LogP contribution in [-0.2, 0) is 15.6 Å². The van der Waals surface area contributed by atoms with Crippen molar-refractivity contribution in [3.63, 3.8) is 0 Å². The molecule has 0 fully saturated rings. The molecule has 0 spiro atoms. The van der Waals surface area contributed by atoms with Crippen molar-refractivity contribution in [3.8, 4) is 5.75 Å². The van der Waals surface area contributed by atoms with Crippen LogP contribution >= 0.6 is 0 Å². The molecular weight excluding hydrogens is 392 g/mol. The predicted octanol–water partition coefficient (Wildman–Crippen LogP) is 6.39. The van der Waals surface area contributed by atoms with Crippen LogP contribution in [0.25, 0.3) is 16.8 Å². The van der Waals surface area contributed by atoms with Crippen molar-refractivity contribution in [3.05, 3.63) is 77.2 Å². The summed E-state index contributed by atoms with van der Waals surface area (Å²) in [6.45, 7) is 2.13. The summed E-state index contributed by atoms with van der Waals surface area (Å²) in [5.41, 5.74) is 0.979. The van der Waals surface area contributed by atoms with Crippen molar-refractivity contribution < 1.29 is 13.7 Å². The molecule has 30 heavy (non-hydrogen) atoms. The SMILES string of the molecule is CCCC[C@@H](CC=O)/C(=C\c1ccccc1)S(=O)c1c(OC)ccc2ccccc12. The molecule has 3 nitrogen and oxygen atoms in total. The summed E-state index contributed by atoms with van der Waals surface area (Å²) in [4.78, 5) is 12.9. The molecule has 0 aliphatic rings. The first-order valence-corrected chi connectivity index (χ1v) is 11.5.